The molecule has 0 aromatic rings. The summed E-state index contributed by atoms with van der Waals surface area (Å²) in [5, 5.41) is 3.90. The van der Waals surface area contributed by atoms with E-state index in [9.17, 15) is 0 Å². The molecule has 0 spiro atoms. The highest BCUT2D eigenvalue weighted by atomic mass is 32.3. The lowest BCUT2D eigenvalue weighted by Crippen LogP contribution is -1.89. The Bertz CT molecular complexity index is 189. The lowest BCUT2D eigenvalue weighted by atomic mass is 11.2. The van der Waals surface area contributed by atoms with Crippen LogP contribution in [-0.4, -0.2) is 17.5 Å². The van der Waals surface area contributed by atoms with Crippen LogP contribution >= 0.6 is 0 Å². The molecule has 0 atom stereocenters. The molecule has 2 N–H and O–H groups in total. The minimum Gasteiger partial charge on any atom is -0.308 e. The van der Waals surface area contributed by atoms with Gasteiger partial charge in [0.25, 0.3) is 0 Å². The van der Waals surface area contributed by atoms with Crippen LogP contribution in [0.15, 0.2) is 25.7 Å². The zero-order chi connectivity index (χ0) is 10.0. The minimum absolute atomic E-state index is 1.09. The molecule has 0 rings (SSSR count). The van der Waals surface area contributed by atoms with Crippen molar-refractivity contribution < 1.29 is 32.3 Å². The summed E-state index contributed by atoms with van der Waals surface area (Å²) >= 11 is 0. The third-order valence-electron chi connectivity index (χ3n) is 0.215. The molecule has 0 aromatic heterocycles. The van der Waals surface area contributed by atoms with Crippen LogP contribution in [0.25, 0.3) is 0 Å². The molecule has 0 bridgehead atoms. The standard InChI is InChI=1S/C4H6O3.H2O4S/c1-3-5-7-6-4-2;1-5(2,3)4/h3-4H,1-2H2;(H2,1,2,3,4). The maximum absolute atomic E-state index is 8.74. The summed E-state index contributed by atoms with van der Waals surface area (Å²) in [7, 11) is -4.67. The predicted octanol–water partition coefficient (Wildman–Crippen LogP) is 0.500. The van der Waals surface area contributed by atoms with E-state index in [1.165, 1.54) is 0 Å². The third-order valence-corrected chi connectivity index (χ3v) is 0.215. The Morgan fingerprint density at radius 1 is 1.08 bits per heavy atom. The fourth-order valence-electron chi connectivity index (χ4n) is 0.0782. The van der Waals surface area contributed by atoms with Gasteiger partial charge in [-0.15, -0.1) is 0 Å². The second-order valence-electron chi connectivity index (χ2n) is 1.04. The summed E-state index contributed by atoms with van der Waals surface area (Å²) in [6.45, 7) is 6.34. The van der Waals surface area contributed by atoms with Crippen molar-refractivity contribution in [2.24, 2.45) is 0 Å². The van der Waals surface area contributed by atoms with Crippen LogP contribution < -0.4 is 0 Å². The van der Waals surface area contributed by atoms with Crippen molar-refractivity contribution in [1.29, 1.82) is 0 Å². The van der Waals surface area contributed by atoms with Gasteiger partial charge < -0.3 is 9.78 Å². The summed E-state index contributed by atoms with van der Waals surface area (Å²) in [4.78, 5) is 8.09. The van der Waals surface area contributed by atoms with E-state index in [0.29, 0.717) is 0 Å². The summed E-state index contributed by atoms with van der Waals surface area (Å²) in [6.07, 6.45) is 2.17. The lowest BCUT2D eigenvalue weighted by Gasteiger charge is -1.90. The summed E-state index contributed by atoms with van der Waals surface area (Å²) < 4.78 is 31.6. The summed E-state index contributed by atoms with van der Waals surface area (Å²) in [5.74, 6) is 0. The van der Waals surface area contributed by atoms with E-state index in [4.69, 9.17) is 17.5 Å². The molecule has 8 heteroatoms. The van der Waals surface area contributed by atoms with Gasteiger partial charge in [0, 0.05) is 5.04 Å². The van der Waals surface area contributed by atoms with Crippen molar-refractivity contribution in [1.82, 2.24) is 0 Å². The third kappa shape index (κ3) is 65.8. The molecule has 0 unspecified atom stereocenters. The first kappa shape index (κ1) is 13.5. The molecule has 0 radical (unpaired) electrons. The molecule has 12 heavy (non-hydrogen) atoms. The summed E-state index contributed by atoms with van der Waals surface area (Å²) in [5.41, 5.74) is 0. The van der Waals surface area contributed by atoms with Gasteiger partial charge in [-0.3, -0.25) is 9.11 Å². The number of hydrogen-bond acceptors (Lipinski definition) is 5. The van der Waals surface area contributed by atoms with E-state index in [2.05, 4.69) is 28.0 Å². The number of hydrogen-bond donors (Lipinski definition) is 2. The van der Waals surface area contributed by atoms with E-state index in [1.807, 2.05) is 0 Å². The quantitative estimate of drug-likeness (QED) is 0.224. The Morgan fingerprint density at radius 2 is 1.33 bits per heavy atom. The second kappa shape index (κ2) is 8.01. The highest BCUT2D eigenvalue weighted by molar-refractivity contribution is 7.79. The fraction of sp³-hybridized carbons (Fsp3) is 0. The van der Waals surface area contributed by atoms with Crippen LogP contribution in [0.1, 0.15) is 0 Å². The largest absolute Gasteiger partial charge is 0.394 e. The van der Waals surface area contributed by atoms with Gasteiger partial charge in [0.2, 0.25) is 0 Å². The molecule has 0 heterocycles. The first-order valence-electron chi connectivity index (χ1n) is 2.32. The van der Waals surface area contributed by atoms with Gasteiger partial charge in [-0.25, -0.2) is 0 Å². The minimum atomic E-state index is -4.67. The first-order chi connectivity index (χ1) is 5.41. The van der Waals surface area contributed by atoms with Crippen molar-refractivity contribution in [2.45, 2.75) is 0 Å². The number of rotatable bonds is 4. The van der Waals surface area contributed by atoms with Gasteiger partial charge in [-0.2, -0.15) is 8.42 Å². The first-order valence-corrected chi connectivity index (χ1v) is 3.72. The van der Waals surface area contributed by atoms with Gasteiger partial charge in [0.15, 0.2) is 0 Å². The molecular formula is C4H8O7S. The Labute approximate surface area is 69.3 Å². The maximum atomic E-state index is 8.74. The van der Waals surface area contributed by atoms with Gasteiger partial charge in [0.1, 0.15) is 12.5 Å². The van der Waals surface area contributed by atoms with Gasteiger partial charge in [0.05, 0.1) is 0 Å². The van der Waals surface area contributed by atoms with Crippen LogP contribution in [0, 0.1) is 0 Å². The molecule has 0 aliphatic heterocycles. The maximum Gasteiger partial charge on any atom is 0.394 e. The van der Waals surface area contributed by atoms with Crippen LogP contribution in [0.3, 0.4) is 0 Å². The van der Waals surface area contributed by atoms with E-state index >= 15 is 0 Å². The Morgan fingerprint density at radius 3 is 1.50 bits per heavy atom. The van der Waals surface area contributed by atoms with E-state index in [0.717, 1.165) is 12.5 Å². The van der Waals surface area contributed by atoms with Crippen LogP contribution in [-0.2, 0) is 25.2 Å². The van der Waals surface area contributed by atoms with Gasteiger partial charge >= 0.3 is 10.4 Å². The molecule has 0 fully saturated rings. The molecule has 0 aliphatic carbocycles. The SMILES string of the molecule is C=COOOC=C.O=S(=O)(O)O. The monoisotopic (exact) mass is 200 g/mol. The molecule has 72 valence electrons. The van der Waals surface area contributed by atoms with E-state index < -0.39 is 10.4 Å². The van der Waals surface area contributed by atoms with Crippen molar-refractivity contribution in [3.63, 3.8) is 0 Å². The van der Waals surface area contributed by atoms with Crippen molar-refractivity contribution in [3.05, 3.63) is 25.7 Å². The Kier molecular flexibility index (Phi) is 9.01. The zero-order valence-corrected chi connectivity index (χ0v) is 6.73. The Balaban J connectivity index is 0. The molecule has 0 aromatic carbocycles. The normalized spacial score (nSPS) is 8.83. The van der Waals surface area contributed by atoms with Gasteiger partial charge in [-0.05, 0) is 0 Å². The van der Waals surface area contributed by atoms with Crippen molar-refractivity contribution in [3.8, 4) is 0 Å². The van der Waals surface area contributed by atoms with E-state index in [-0.39, 0.29) is 0 Å². The van der Waals surface area contributed by atoms with Crippen LogP contribution in [0.5, 0.6) is 0 Å². The average molecular weight is 200 g/mol. The lowest BCUT2D eigenvalue weighted by molar-refractivity contribution is -0.464. The van der Waals surface area contributed by atoms with E-state index in [1.54, 1.807) is 0 Å². The topological polar surface area (TPSA) is 102 Å². The van der Waals surface area contributed by atoms with Crippen LogP contribution in [0.4, 0.5) is 0 Å². The summed E-state index contributed by atoms with van der Waals surface area (Å²) in [6, 6.07) is 0. The highest BCUT2D eigenvalue weighted by Gasteiger charge is 1.84. The predicted molar refractivity (Wildman–Crippen MR) is 37.8 cm³/mol. The molecule has 7 nitrogen and oxygen atoms in total. The van der Waals surface area contributed by atoms with Crippen molar-refractivity contribution >= 4 is 10.4 Å². The molecule has 0 saturated heterocycles. The molecule has 0 aliphatic rings. The van der Waals surface area contributed by atoms with Gasteiger partial charge in [-0.1, -0.05) is 13.2 Å². The zero-order valence-electron chi connectivity index (χ0n) is 5.91. The smallest absolute Gasteiger partial charge is 0.308 e. The Hall–Kier alpha value is -1.09. The second-order valence-corrected chi connectivity index (χ2v) is 1.94. The molecule has 0 amide bonds. The average Bonchev–Trinajstić information content (AvgIpc) is 1.85. The van der Waals surface area contributed by atoms with Crippen LogP contribution in [0.2, 0.25) is 0 Å². The molecule has 0 saturated carbocycles. The molecular weight excluding hydrogens is 192 g/mol. The van der Waals surface area contributed by atoms with Crippen molar-refractivity contribution in [2.75, 3.05) is 0 Å². The fourth-order valence-corrected chi connectivity index (χ4v) is 0.0782. The highest BCUT2D eigenvalue weighted by Crippen LogP contribution is 1.78.